The SMILES string of the molecule is CCC(CC)c1nc2c(cnn2CC)c(-c2cncc(C)c2)c1C=O. The lowest BCUT2D eigenvalue weighted by molar-refractivity contribution is 0.112. The number of aromatic nitrogens is 4. The van der Waals surface area contributed by atoms with E-state index in [0.29, 0.717) is 5.56 Å². The van der Waals surface area contributed by atoms with Crippen LogP contribution in [0, 0.1) is 6.92 Å². The monoisotopic (exact) mass is 336 g/mol. The van der Waals surface area contributed by atoms with Crippen molar-refractivity contribution in [2.24, 2.45) is 0 Å². The van der Waals surface area contributed by atoms with Gasteiger partial charge in [0.15, 0.2) is 11.9 Å². The molecule has 0 bridgehead atoms. The standard InChI is InChI=1S/C20H24N4O/c1-5-14(6-2)19-17(12-25)18(15-8-13(4)9-21-10-15)16-11-22-24(7-3)20(16)23-19/h8-12,14H,5-7H2,1-4H3. The molecule has 5 nitrogen and oxygen atoms in total. The molecular formula is C20H24N4O. The van der Waals surface area contributed by atoms with E-state index >= 15 is 0 Å². The van der Waals surface area contributed by atoms with E-state index in [9.17, 15) is 4.79 Å². The molecule has 0 unspecified atom stereocenters. The summed E-state index contributed by atoms with van der Waals surface area (Å²) in [5.74, 6) is 0.251. The van der Waals surface area contributed by atoms with Gasteiger partial charge in [0.1, 0.15) is 0 Å². The third-order valence-electron chi connectivity index (χ3n) is 4.81. The average molecular weight is 336 g/mol. The van der Waals surface area contributed by atoms with Gasteiger partial charge in [-0.25, -0.2) is 9.67 Å². The maximum atomic E-state index is 12.1. The van der Waals surface area contributed by atoms with Crippen molar-refractivity contribution in [3.63, 3.8) is 0 Å². The van der Waals surface area contributed by atoms with Crippen LogP contribution in [0.1, 0.15) is 61.1 Å². The summed E-state index contributed by atoms with van der Waals surface area (Å²) < 4.78 is 1.89. The molecule has 130 valence electrons. The number of aryl methyl sites for hydroxylation is 2. The summed E-state index contributed by atoms with van der Waals surface area (Å²) in [6.45, 7) is 9.07. The molecule has 3 aromatic heterocycles. The minimum absolute atomic E-state index is 0.251. The second kappa shape index (κ2) is 7.13. The van der Waals surface area contributed by atoms with Gasteiger partial charge >= 0.3 is 0 Å². The zero-order valence-corrected chi connectivity index (χ0v) is 15.3. The molecule has 0 fully saturated rings. The van der Waals surface area contributed by atoms with Gasteiger partial charge in [-0.3, -0.25) is 9.78 Å². The summed E-state index contributed by atoms with van der Waals surface area (Å²) in [7, 11) is 0. The summed E-state index contributed by atoms with van der Waals surface area (Å²) in [4.78, 5) is 21.3. The fraction of sp³-hybridized carbons (Fsp3) is 0.400. The lowest BCUT2D eigenvalue weighted by Crippen LogP contribution is -2.08. The van der Waals surface area contributed by atoms with Crippen LogP contribution in [0.2, 0.25) is 0 Å². The van der Waals surface area contributed by atoms with Crippen LogP contribution in [-0.2, 0) is 6.54 Å². The summed E-state index contributed by atoms with van der Waals surface area (Å²) in [6.07, 6.45) is 8.28. The summed E-state index contributed by atoms with van der Waals surface area (Å²) in [6, 6.07) is 2.06. The second-order valence-electron chi connectivity index (χ2n) is 6.37. The topological polar surface area (TPSA) is 60.7 Å². The summed E-state index contributed by atoms with van der Waals surface area (Å²) in [5, 5.41) is 5.38. The van der Waals surface area contributed by atoms with E-state index in [1.54, 1.807) is 0 Å². The van der Waals surface area contributed by atoms with Crippen molar-refractivity contribution in [3.05, 3.63) is 41.5 Å². The van der Waals surface area contributed by atoms with Gasteiger partial charge in [-0.1, -0.05) is 13.8 Å². The average Bonchev–Trinajstić information content (AvgIpc) is 3.04. The van der Waals surface area contributed by atoms with Crippen LogP contribution in [0.25, 0.3) is 22.2 Å². The van der Waals surface area contributed by atoms with E-state index in [4.69, 9.17) is 4.98 Å². The Balaban J connectivity index is 2.43. The molecule has 0 aliphatic rings. The highest BCUT2D eigenvalue weighted by molar-refractivity contribution is 6.02. The fourth-order valence-electron chi connectivity index (χ4n) is 3.46. The molecule has 0 N–H and O–H groups in total. The number of hydrogen-bond donors (Lipinski definition) is 0. The number of fused-ring (bicyclic) bond motifs is 1. The second-order valence-corrected chi connectivity index (χ2v) is 6.37. The number of rotatable bonds is 6. The lowest BCUT2D eigenvalue weighted by Gasteiger charge is -2.18. The van der Waals surface area contributed by atoms with Gasteiger partial charge in [0.2, 0.25) is 0 Å². The Morgan fingerprint density at radius 3 is 2.52 bits per heavy atom. The number of carbonyl (C=O) groups excluding carboxylic acids is 1. The highest BCUT2D eigenvalue weighted by Gasteiger charge is 2.23. The van der Waals surface area contributed by atoms with Crippen LogP contribution in [-0.4, -0.2) is 26.0 Å². The molecule has 0 saturated heterocycles. The molecule has 0 amide bonds. The van der Waals surface area contributed by atoms with Crippen LogP contribution in [0.3, 0.4) is 0 Å². The molecule has 0 aliphatic heterocycles. The summed E-state index contributed by atoms with van der Waals surface area (Å²) in [5.41, 5.74) is 5.29. The number of nitrogens with zero attached hydrogens (tertiary/aromatic N) is 4. The third-order valence-corrected chi connectivity index (χ3v) is 4.81. The first kappa shape index (κ1) is 17.3. The van der Waals surface area contributed by atoms with E-state index in [0.717, 1.165) is 59.1 Å². The molecule has 3 rings (SSSR count). The van der Waals surface area contributed by atoms with E-state index < -0.39 is 0 Å². The first-order valence-electron chi connectivity index (χ1n) is 8.91. The molecule has 5 heteroatoms. The van der Waals surface area contributed by atoms with E-state index in [1.807, 2.05) is 37.1 Å². The van der Waals surface area contributed by atoms with Gasteiger partial charge in [-0.2, -0.15) is 5.10 Å². The van der Waals surface area contributed by atoms with E-state index in [2.05, 4.69) is 30.0 Å². The predicted octanol–water partition coefficient (Wildman–Crippen LogP) is 4.54. The normalized spacial score (nSPS) is 11.4. The van der Waals surface area contributed by atoms with Gasteiger partial charge in [0, 0.05) is 46.9 Å². The number of hydrogen-bond acceptors (Lipinski definition) is 4. The highest BCUT2D eigenvalue weighted by Crippen LogP contribution is 2.36. The van der Waals surface area contributed by atoms with Crippen LogP contribution >= 0.6 is 0 Å². The Labute approximate surface area is 148 Å². The molecule has 0 radical (unpaired) electrons. The quantitative estimate of drug-likeness (QED) is 0.620. The molecule has 0 atom stereocenters. The smallest absolute Gasteiger partial charge is 0.158 e. The van der Waals surface area contributed by atoms with Crippen molar-refractivity contribution in [1.29, 1.82) is 0 Å². The van der Waals surface area contributed by atoms with Crippen molar-refractivity contribution in [1.82, 2.24) is 19.7 Å². The van der Waals surface area contributed by atoms with Crippen LogP contribution in [0.15, 0.2) is 24.7 Å². The minimum atomic E-state index is 0.251. The van der Waals surface area contributed by atoms with Crippen molar-refractivity contribution >= 4 is 17.3 Å². The van der Waals surface area contributed by atoms with Gasteiger partial charge in [-0.05, 0) is 38.3 Å². The van der Waals surface area contributed by atoms with Crippen molar-refractivity contribution in [2.45, 2.75) is 53.0 Å². The highest BCUT2D eigenvalue weighted by atomic mass is 16.1. The van der Waals surface area contributed by atoms with Crippen molar-refractivity contribution in [2.75, 3.05) is 0 Å². The largest absolute Gasteiger partial charge is 0.298 e. The van der Waals surface area contributed by atoms with Crippen LogP contribution in [0.4, 0.5) is 0 Å². The van der Waals surface area contributed by atoms with Gasteiger partial charge in [0.25, 0.3) is 0 Å². The van der Waals surface area contributed by atoms with Gasteiger partial charge < -0.3 is 0 Å². The molecule has 3 heterocycles. The number of aldehydes is 1. The summed E-state index contributed by atoms with van der Waals surface area (Å²) >= 11 is 0. The lowest BCUT2D eigenvalue weighted by atomic mass is 9.89. The van der Waals surface area contributed by atoms with Crippen molar-refractivity contribution < 1.29 is 4.79 Å². The molecule has 0 aromatic carbocycles. The molecule has 3 aromatic rings. The maximum Gasteiger partial charge on any atom is 0.158 e. The zero-order chi connectivity index (χ0) is 18.0. The molecule has 0 aliphatic carbocycles. The number of carbonyl (C=O) groups is 1. The Morgan fingerprint density at radius 1 is 1.16 bits per heavy atom. The molecule has 25 heavy (non-hydrogen) atoms. The van der Waals surface area contributed by atoms with Crippen molar-refractivity contribution in [3.8, 4) is 11.1 Å². The minimum Gasteiger partial charge on any atom is -0.298 e. The fourth-order valence-corrected chi connectivity index (χ4v) is 3.46. The van der Waals surface area contributed by atoms with E-state index in [-0.39, 0.29) is 5.92 Å². The zero-order valence-electron chi connectivity index (χ0n) is 15.3. The Morgan fingerprint density at radius 2 is 1.92 bits per heavy atom. The van der Waals surface area contributed by atoms with Crippen LogP contribution in [0.5, 0.6) is 0 Å². The van der Waals surface area contributed by atoms with Crippen LogP contribution < -0.4 is 0 Å². The molecule has 0 saturated carbocycles. The third kappa shape index (κ3) is 2.95. The first-order chi connectivity index (χ1) is 12.1. The van der Waals surface area contributed by atoms with Gasteiger partial charge in [-0.15, -0.1) is 0 Å². The predicted molar refractivity (Wildman–Crippen MR) is 99.9 cm³/mol. The number of pyridine rings is 2. The van der Waals surface area contributed by atoms with E-state index in [1.165, 1.54) is 0 Å². The maximum absolute atomic E-state index is 12.1. The molecular weight excluding hydrogens is 312 g/mol. The first-order valence-corrected chi connectivity index (χ1v) is 8.91. The Hall–Kier alpha value is -2.56. The Bertz CT molecular complexity index is 909. The Kier molecular flexibility index (Phi) is 4.93. The molecule has 0 spiro atoms. The van der Waals surface area contributed by atoms with Gasteiger partial charge in [0.05, 0.1) is 11.9 Å².